The van der Waals surface area contributed by atoms with Crippen LogP contribution in [-0.2, 0) is 32.6 Å². The summed E-state index contributed by atoms with van der Waals surface area (Å²) in [6.45, 7) is 0.0152. The molecule has 0 amide bonds. The molecular formula is C27H25N3O4S. The summed E-state index contributed by atoms with van der Waals surface area (Å²) in [6, 6.07) is 27.0. The fourth-order valence-corrected chi connectivity index (χ4v) is 4.91. The number of nitrogens with one attached hydrogen (secondary N) is 2. The van der Waals surface area contributed by atoms with E-state index in [2.05, 4.69) is 4.72 Å². The minimum Gasteiger partial charge on any atom is -0.460 e. The number of benzene rings is 4. The van der Waals surface area contributed by atoms with E-state index in [1.165, 1.54) is 6.07 Å². The number of fused-ring (bicyclic) bond motifs is 1. The summed E-state index contributed by atoms with van der Waals surface area (Å²) in [5.74, 6) is -0.821. The molecule has 4 aromatic carbocycles. The molecule has 4 N–H and O–H groups in total. The first-order valence-corrected chi connectivity index (χ1v) is 12.5. The number of ether oxygens (including phenoxy) is 1. The minimum atomic E-state index is -4.04. The van der Waals surface area contributed by atoms with Gasteiger partial charge in [0.2, 0.25) is 10.0 Å². The molecular weight excluding hydrogens is 462 g/mol. The van der Waals surface area contributed by atoms with Gasteiger partial charge in [-0.05, 0) is 46.5 Å². The third kappa shape index (κ3) is 6.11. The van der Waals surface area contributed by atoms with E-state index in [9.17, 15) is 13.2 Å². The molecule has 1 atom stereocenters. The Morgan fingerprint density at radius 3 is 2.29 bits per heavy atom. The van der Waals surface area contributed by atoms with Crippen molar-refractivity contribution in [2.75, 3.05) is 0 Å². The van der Waals surface area contributed by atoms with E-state index >= 15 is 0 Å². The van der Waals surface area contributed by atoms with Crippen LogP contribution in [0.1, 0.15) is 16.7 Å². The van der Waals surface area contributed by atoms with Crippen molar-refractivity contribution < 1.29 is 17.9 Å². The summed E-state index contributed by atoms with van der Waals surface area (Å²) in [4.78, 5) is 13.1. The zero-order valence-corrected chi connectivity index (χ0v) is 19.7. The second-order valence-corrected chi connectivity index (χ2v) is 9.81. The maximum atomic E-state index is 13.3. The maximum Gasteiger partial charge on any atom is 0.324 e. The lowest BCUT2D eigenvalue weighted by Gasteiger charge is -2.19. The Hall–Kier alpha value is -4.01. The lowest BCUT2D eigenvalue weighted by molar-refractivity contribution is -0.147. The van der Waals surface area contributed by atoms with Crippen LogP contribution < -0.4 is 10.5 Å². The topological polar surface area (TPSA) is 122 Å². The van der Waals surface area contributed by atoms with E-state index in [1.54, 1.807) is 36.4 Å². The second kappa shape index (κ2) is 10.5. The molecule has 178 valence electrons. The smallest absolute Gasteiger partial charge is 0.324 e. The summed E-state index contributed by atoms with van der Waals surface area (Å²) in [6.07, 6.45) is 0.0293. The number of nitrogen functional groups attached to an aromatic ring is 1. The molecule has 35 heavy (non-hydrogen) atoms. The first-order chi connectivity index (χ1) is 16.8. The summed E-state index contributed by atoms with van der Waals surface area (Å²) in [5, 5.41) is 9.34. The van der Waals surface area contributed by atoms with Crippen LogP contribution in [0.25, 0.3) is 10.8 Å². The van der Waals surface area contributed by atoms with Gasteiger partial charge in [0.25, 0.3) is 0 Å². The minimum absolute atomic E-state index is 0.0152. The molecule has 0 heterocycles. The molecule has 4 rings (SSSR count). The van der Waals surface area contributed by atoms with Crippen LogP contribution in [0.3, 0.4) is 0 Å². The third-order valence-corrected chi connectivity index (χ3v) is 6.98. The van der Waals surface area contributed by atoms with E-state index in [1.807, 2.05) is 54.6 Å². The van der Waals surface area contributed by atoms with Crippen molar-refractivity contribution in [3.8, 4) is 0 Å². The molecule has 0 aromatic heterocycles. The van der Waals surface area contributed by atoms with Crippen LogP contribution in [0.4, 0.5) is 0 Å². The fourth-order valence-electron chi connectivity index (χ4n) is 3.69. The van der Waals surface area contributed by atoms with Crippen molar-refractivity contribution >= 4 is 32.6 Å². The Balaban J connectivity index is 1.60. The third-order valence-electron chi connectivity index (χ3n) is 5.51. The first-order valence-electron chi connectivity index (χ1n) is 11.0. The lowest BCUT2D eigenvalue weighted by atomic mass is 10.0. The molecule has 7 nitrogen and oxygen atoms in total. The first kappa shape index (κ1) is 24.1. The molecule has 0 aliphatic carbocycles. The molecule has 0 saturated carbocycles. The van der Waals surface area contributed by atoms with Gasteiger partial charge in [-0.3, -0.25) is 10.2 Å². The van der Waals surface area contributed by atoms with E-state index < -0.39 is 22.0 Å². The number of esters is 1. The van der Waals surface area contributed by atoms with E-state index in [0.29, 0.717) is 11.1 Å². The van der Waals surface area contributed by atoms with Crippen molar-refractivity contribution in [1.29, 1.82) is 5.41 Å². The Labute approximate surface area is 204 Å². The van der Waals surface area contributed by atoms with Gasteiger partial charge >= 0.3 is 5.97 Å². The van der Waals surface area contributed by atoms with Crippen LogP contribution in [-0.4, -0.2) is 26.3 Å². The highest BCUT2D eigenvalue weighted by Crippen LogP contribution is 2.20. The van der Waals surface area contributed by atoms with Gasteiger partial charge in [0.05, 0.1) is 4.90 Å². The molecule has 1 unspecified atom stereocenters. The Kier molecular flexibility index (Phi) is 7.24. The normalized spacial score (nSPS) is 12.2. The Bertz CT molecular complexity index is 1470. The van der Waals surface area contributed by atoms with E-state index in [4.69, 9.17) is 15.9 Å². The molecule has 0 spiro atoms. The van der Waals surface area contributed by atoms with Crippen LogP contribution >= 0.6 is 0 Å². The Morgan fingerprint density at radius 2 is 1.54 bits per heavy atom. The van der Waals surface area contributed by atoms with Gasteiger partial charge in [-0.1, -0.05) is 78.9 Å². The molecule has 0 radical (unpaired) electrons. The summed E-state index contributed by atoms with van der Waals surface area (Å²) < 4.78 is 34.5. The Morgan fingerprint density at radius 1 is 0.857 bits per heavy atom. The molecule has 8 heteroatoms. The lowest BCUT2D eigenvalue weighted by Crippen LogP contribution is -2.43. The molecule has 0 aliphatic heterocycles. The SMILES string of the molecule is N=C(N)c1cccc(CC(NS(=O)(=O)c2ccc3ccccc3c2)C(=O)OCc2ccccc2)c1. The van der Waals surface area contributed by atoms with Gasteiger partial charge in [0.15, 0.2) is 0 Å². The average Bonchev–Trinajstić information content (AvgIpc) is 2.87. The van der Waals surface area contributed by atoms with Crippen LogP contribution in [0.2, 0.25) is 0 Å². The monoisotopic (exact) mass is 487 g/mol. The molecule has 4 aromatic rings. The van der Waals surface area contributed by atoms with Crippen LogP contribution in [0.15, 0.2) is 102 Å². The largest absolute Gasteiger partial charge is 0.460 e. The highest BCUT2D eigenvalue weighted by Gasteiger charge is 2.28. The number of carbonyl (C=O) groups is 1. The van der Waals surface area contributed by atoms with Crippen molar-refractivity contribution in [1.82, 2.24) is 4.72 Å². The molecule has 0 fully saturated rings. The van der Waals surface area contributed by atoms with Crippen molar-refractivity contribution in [3.05, 3.63) is 114 Å². The van der Waals surface area contributed by atoms with Gasteiger partial charge in [0.1, 0.15) is 18.5 Å². The predicted molar refractivity (Wildman–Crippen MR) is 135 cm³/mol. The predicted octanol–water partition coefficient (Wildman–Crippen LogP) is 3.76. The standard InChI is InChI=1S/C27H25N3O4S/c28-26(29)23-12-6-9-20(15-23)16-25(27(31)34-18-19-7-2-1-3-8-19)30-35(32,33)24-14-13-21-10-4-5-11-22(21)17-24/h1-15,17,25,30H,16,18H2,(H3,28,29). The quantitative estimate of drug-likeness (QED) is 0.189. The molecule has 0 bridgehead atoms. The van der Waals surface area contributed by atoms with Crippen molar-refractivity contribution in [3.63, 3.8) is 0 Å². The zero-order chi connectivity index (χ0) is 24.8. The van der Waals surface area contributed by atoms with Crippen LogP contribution in [0, 0.1) is 5.41 Å². The summed E-state index contributed by atoms with van der Waals surface area (Å²) >= 11 is 0. The van der Waals surface area contributed by atoms with Gasteiger partial charge in [-0.15, -0.1) is 0 Å². The second-order valence-electron chi connectivity index (χ2n) is 8.09. The summed E-state index contributed by atoms with van der Waals surface area (Å²) in [7, 11) is -4.04. The van der Waals surface area contributed by atoms with Gasteiger partial charge < -0.3 is 10.5 Å². The van der Waals surface area contributed by atoms with Crippen molar-refractivity contribution in [2.45, 2.75) is 24.0 Å². The van der Waals surface area contributed by atoms with Crippen molar-refractivity contribution in [2.24, 2.45) is 5.73 Å². The fraction of sp³-hybridized carbons (Fsp3) is 0.111. The number of nitrogens with two attached hydrogens (primary N) is 1. The molecule has 0 saturated heterocycles. The molecule has 0 aliphatic rings. The number of hydrogen-bond acceptors (Lipinski definition) is 5. The van der Waals surface area contributed by atoms with Gasteiger partial charge in [0, 0.05) is 5.56 Å². The zero-order valence-electron chi connectivity index (χ0n) is 18.8. The number of amidine groups is 1. The van der Waals surface area contributed by atoms with Crippen LogP contribution in [0.5, 0.6) is 0 Å². The number of sulfonamides is 1. The van der Waals surface area contributed by atoms with Gasteiger partial charge in [-0.2, -0.15) is 4.72 Å². The van der Waals surface area contributed by atoms with E-state index in [0.717, 1.165) is 16.3 Å². The average molecular weight is 488 g/mol. The number of hydrogen-bond donors (Lipinski definition) is 3. The highest BCUT2D eigenvalue weighted by molar-refractivity contribution is 7.89. The highest BCUT2D eigenvalue weighted by atomic mass is 32.2. The number of rotatable bonds is 9. The summed E-state index contributed by atoms with van der Waals surface area (Å²) in [5.41, 5.74) is 7.50. The maximum absolute atomic E-state index is 13.3. The van der Waals surface area contributed by atoms with Gasteiger partial charge in [-0.25, -0.2) is 8.42 Å². The number of carbonyl (C=O) groups excluding carboxylic acids is 1. The van der Waals surface area contributed by atoms with E-state index in [-0.39, 0.29) is 23.8 Å².